The summed E-state index contributed by atoms with van der Waals surface area (Å²) >= 11 is 0. The number of amides is 2. The Kier molecular flexibility index (Phi) is 7.21. The van der Waals surface area contributed by atoms with E-state index < -0.39 is 5.91 Å². The molecule has 2 N–H and O–H groups in total. The Labute approximate surface area is 154 Å². The molecule has 5 nitrogen and oxygen atoms in total. The number of aryl methyl sites for hydroxylation is 1. The van der Waals surface area contributed by atoms with E-state index in [9.17, 15) is 9.59 Å². The summed E-state index contributed by atoms with van der Waals surface area (Å²) in [5, 5.41) is 0. The number of hydrogen-bond donors (Lipinski definition) is 1. The van der Waals surface area contributed by atoms with Crippen LogP contribution in [0.3, 0.4) is 0 Å². The topological polar surface area (TPSA) is 72.6 Å². The average molecular weight is 354 g/mol. The highest BCUT2D eigenvalue weighted by molar-refractivity contribution is 5.79. The molecule has 2 rings (SSSR count). The molecule has 26 heavy (non-hydrogen) atoms. The molecule has 2 aromatic carbocycles. The maximum absolute atomic E-state index is 12.6. The minimum atomic E-state index is -0.419. The number of primary amides is 1. The molecule has 0 fully saturated rings. The second kappa shape index (κ2) is 9.61. The molecular formula is C21H26N2O3. The van der Waals surface area contributed by atoms with E-state index in [-0.39, 0.29) is 18.9 Å². The largest absolute Gasteiger partial charge is 0.483 e. The Balaban J connectivity index is 1.97. The minimum absolute atomic E-state index is 0.0577. The van der Waals surface area contributed by atoms with Gasteiger partial charge < -0.3 is 15.4 Å². The number of rotatable bonds is 9. The summed E-state index contributed by atoms with van der Waals surface area (Å²) in [6, 6.07) is 15.7. The number of carbonyl (C=O) groups excluding carboxylic acids is 2. The highest BCUT2D eigenvalue weighted by Crippen LogP contribution is 2.20. The van der Waals surface area contributed by atoms with Crippen molar-refractivity contribution in [2.45, 2.75) is 26.7 Å². The highest BCUT2D eigenvalue weighted by Gasteiger charge is 2.16. The molecule has 0 saturated heterocycles. The van der Waals surface area contributed by atoms with Gasteiger partial charge in [0.05, 0.1) is 0 Å². The molecule has 0 aromatic heterocycles. The summed E-state index contributed by atoms with van der Waals surface area (Å²) < 4.78 is 5.71. The fraction of sp³-hybridized carbons (Fsp3) is 0.333. The molecule has 0 heterocycles. The smallest absolute Gasteiger partial charge is 0.260 e. The predicted octanol–water partition coefficient (Wildman–Crippen LogP) is 2.63. The normalized spacial score (nSPS) is 10.4. The van der Waals surface area contributed by atoms with Crippen molar-refractivity contribution in [3.63, 3.8) is 0 Å². The molecule has 0 unspecified atom stereocenters. The van der Waals surface area contributed by atoms with E-state index >= 15 is 0 Å². The van der Waals surface area contributed by atoms with Gasteiger partial charge in [0.25, 0.3) is 5.91 Å². The number of ether oxygens (including phenoxy) is 1. The van der Waals surface area contributed by atoms with Gasteiger partial charge >= 0.3 is 0 Å². The first-order chi connectivity index (χ1) is 12.5. The molecule has 0 spiro atoms. The number of benzene rings is 2. The zero-order valence-corrected chi connectivity index (χ0v) is 15.4. The van der Waals surface area contributed by atoms with Crippen molar-refractivity contribution in [1.82, 2.24) is 4.90 Å². The van der Waals surface area contributed by atoms with Gasteiger partial charge in [0.1, 0.15) is 5.75 Å². The Morgan fingerprint density at radius 2 is 1.73 bits per heavy atom. The lowest BCUT2D eigenvalue weighted by atomic mass is 10.1. The summed E-state index contributed by atoms with van der Waals surface area (Å²) in [6.45, 7) is 4.74. The first-order valence-electron chi connectivity index (χ1n) is 8.76. The van der Waals surface area contributed by atoms with Gasteiger partial charge in [-0.15, -0.1) is 0 Å². The maximum Gasteiger partial charge on any atom is 0.260 e. The Morgan fingerprint density at radius 3 is 2.42 bits per heavy atom. The SMILES string of the molecule is Cc1cccc(OCC(=O)N(CCC(N)=O)CCc2ccccc2)c1C. The zero-order valence-electron chi connectivity index (χ0n) is 15.4. The summed E-state index contributed by atoms with van der Waals surface area (Å²) in [5.41, 5.74) is 8.52. The monoisotopic (exact) mass is 354 g/mol. The Hall–Kier alpha value is -2.82. The van der Waals surface area contributed by atoms with Crippen LogP contribution in [0.5, 0.6) is 5.75 Å². The molecule has 2 amide bonds. The van der Waals surface area contributed by atoms with E-state index in [1.54, 1.807) is 4.90 Å². The van der Waals surface area contributed by atoms with Crippen LogP contribution in [0.1, 0.15) is 23.1 Å². The van der Waals surface area contributed by atoms with Crippen LogP contribution in [0.25, 0.3) is 0 Å². The number of hydrogen-bond acceptors (Lipinski definition) is 3. The third-order valence-corrected chi connectivity index (χ3v) is 4.40. The van der Waals surface area contributed by atoms with Crippen LogP contribution in [-0.4, -0.2) is 36.4 Å². The first-order valence-corrected chi connectivity index (χ1v) is 8.76. The molecule has 0 atom stereocenters. The van der Waals surface area contributed by atoms with E-state index in [1.807, 2.05) is 62.4 Å². The van der Waals surface area contributed by atoms with Crippen molar-refractivity contribution >= 4 is 11.8 Å². The number of nitrogens with two attached hydrogens (primary N) is 1. The van der Waals surface area contributed by atoms with Crippen LogP contribution >= 0.6 is 0 Å². The third kappa shape index (κ3) is 5.92. The van der Waals surface area contributed by atoms with Gasteiger partial charge in [0.2, 0.25) is 5.91 Å². The van der Waals surface area contributed by atoms with Gasteiger partial charge in [0.15, 0.2) is 6.61 Å². The molecule has 0 aliphatic carbocycles. The van der Waals surface area contributed by atoms with Gasteiger partial charge in [-0.2, -0.15) is 0 Å². The van der Waals surface area contributed by atoms with E-state index in [1.165, 1.54) is 0 Å². The second-order valence-electron chi connectivity index (χ2n) is 6.32. The van der Waals surface area contributed by atoms with Crippen molar-refractivity contribution in [2.24, 2.45) is 5.73 Å². The maximum atomic E-state index is 12.6. The van der Waals surface area contributed by atoms with Crippen molar-refractivity contribution in [1.29, 1.82) is 0 Å². The zero-order chi connectivity index (χ0) is 18.9. The second-order valence-corrected chi connectivity index (χ2v) is 6.32. The summed E-state index contributed by atoms with van der Waals surface area (Å²) in [4.78, 5) is 25.4. The first kappa shape index (κ1) is 19.5. The molecule has 0 radical (unpaired) electrons. The van der Waals surface area contributed by atoms with Crippen LogP contribution in [0.4, 0.5) is 0 Å². The van der Waals surface area contributed by atoms with Crippen molar-refractivity contribution in [3.05, 3.63) is 65.2 Å². The molecule has 0 aliphatic rings. The van der Waals surface area contributed by atoms with E-state index in [4.69, 9.17) is 10.5 Å². The lowest BCUT2D eigenvalue weighted by molar-refractivity contribution is -0.133. The fourth-order valence-electron chi connectivity index (χ4n) is 2.63. The summed E-state index contributed by atoms with van der Waals surface area (Å²) in [6.07, 6.45) is 0.860. The molecule has 5 heteroatoms. The van der Waals surface area contributed by atoms with Gasteiger partial charge in [-0.1, -0.05) is 42.5 Å². The van der Waals surface area contributed by atoms with E-state index in [0.29, 0.717) is 18.8 Å². The minimum Gasteiger partial charge on any atom is -0.483 e. The van der Waals surface area contributed by atoms with E-state index in [0.717, 1.165) is 23.1 Å². The number of carbonyl (C=O) groups is 2. The van der Waals surface area contributed by atoms with Gasteiger partial charge in [0, 0.05) is 19.5 Å². The summed E-state index contributed by atoms with van der Waals surface area (Å²) in [7, 11) is 0. The van der Waals surface area contributed by atoms with Crippen molar-refractivity contribution in [2.75, 3.05) is 19.7 Å². The van der Waals surface area contributed by atoms with Crippen LogP contribution < -0.4 is 10.5 Å². The number of nitrogens with zero attached hydrogens (tertiary/aromatic N) is 1. The lowest BCUT2D eigenvalue weighted by Gasteiger charge is -2.23. The lowest BCUT2D eigenvalue weighted by Crippen LogP contribution is -2.38. The Bertz CT molecular complexity index is 744. The average Bonchev–Trinajstić information content (AvgIpc) is 2.63. The molecule has 0 bridgehead atoms. The molecule has 0 aliphatic heterocycles. The van der Waals surface area contributed by atoms with Gasteiger partial charge in [-0.25, -0.2) is 0 Å². The van der Waals surface area contributed by atoms with E-state index in [2.05, 4.69) is 0 Å². The van der Waals surface area contributed by atoms with Crippen molar-refractivity contribution < 1.29 is 14.3 Å². The van der Waals surface area contributed by atoms with Crippen LogP contribution in [0.15, 0.2) is 48.5 Å². The molecule has 0 saturated carbocycles. The third-order valence-electron chi connectivity index (χ3n) is 4.40. The van der Waals surface area contributed by atoms with Crippen molar-refractivity contribution in [3.8, 4) is 5.75 Å². The van der Waals surface area contributed by atoms with Gasteiger partial charge in [-0.05, 0) is 43.0 Å². The van der Waals surface area contributed by atoms with Crippen LogP contribution in [0.2, 0.25) is 0 Å². The molecular weight excluding hydrogens is 328 g/mol. The van der Waals surface area contributed by atoms with Crippen LogP contribution in [0, 0.1) is 13.8 Å². The van der Waals surface area contributed by atoms with Gasteiger partial charge in [-0.3, -0.25) is 9.59 Å². The summed E-state index contributed by atoms with van der Waals surface area (Å²) in [5.74, 6) is 0.136. The highest BCUT2D eigenvalue weighted by atomic mass is 16.5. The standard InChI is InChI=1S/C21H26N2O3/c1-16-7-6-10-19(17(16)2)26-15-21(25)23(14-12-20(22)24)13-11-18-8-4-3-5-9-18/h3-10H,11-15H2,1-2H3,(H2,22,24). The quantitative estimate of drug-likeness (QED) is 0.752. The Morgan fingerprint density at radius 1 is 1.00 bits per heavy atom. The predicted molar refractivity (Wildman–Crippen MR) is 102 cm³/mol. The molecule has 138 valence electrons. The fourth-order valence-corrected chi connectivity index (χ4v) is 2.63. The van der Waals surface area contributed by atoms with Crippen LogP contribution in [-0.2, 0) is 16.0 Å². The molecule has 2 aromatic rings.